The molecule has 0 radical (unpaired) electrons. The first-order valence-corrected chi connectivity index (χ1v) is 9.14. The number of nitrogens with one attached hydrogen (secondary N) is 1. The molecule has 2 aromatic rings. The number of amides is 2. The Morgan fingerprint density at radius 1 is 1.38 bits per heavy atom. The molecule has 0 bridgehead atoms. The minimum Gasteiger partial charge on any atom is -0.322 e. The molecule has 128 valence electrons. The summed E-state index contributed by atoms with van der Waals surface area (Å²) in [5.74, 6) is 1.01. The van der Waals surface area contributed by atoms with E-state index in [0.29, 0.717) is 31.2 Å². The highest BCUT2D eigenvalue weighted by atomic mass is 32.2. The predicted octanol–water partition coefficient (Wildman–Crippen LogP) is 1.70. The van der Waals surface area contributed by atoms with E-state index in [2.05, 4.69) is 15.4 Å². The molecular formula is C16H21N5O2S. The van der Waals surface area contributed by atoms with Gasteiger partial charge in [-0.15, -0.1) is 0 Å². The number of carbonyl (C=O) groups excluding carboxylic acids is 1. The molecule has 2 aromatic heterocycles. The van der Waals surface area contributed by atoms with E-state index in [1.165, 1.54) is 0 Å². The van der Waals surface area contributed by atoms with Gasteiger partial charge in [-0.1, -0.05) is 6.07 Å². The van der Waals surface area contributed by atoms with Crippen LogP contribution in [0.3, 0.4) is 0 Å². The van der Waals surface area contributed by atoms with Gasteiger partial charge in [0.2, 0.25) is 0 Å². The van der Waals surface area contributed by atoms with E-state index in [1.807, 2.05) is 32.0 Å². The van der Waals surface area contributed by atoms with Crippen molar-refractivity contribution in [3.63, 3.8) is 0 Å². The summed E-state index contributed by atoms with van der Waals surface area (Å²) >= 11 is 0. The number of rotatable bonds is 3. The lowest BCUT2D eigenvalue weighted by Crippen LogP contribution is -2.53. The molecule has 3 rings (SSSR count). The van der Waals surface area contributed by atoms with Crippen LogP contribution in [0.15, 0.2) is 36.7 Å². The Labute approximate surface area is 143 Å². The number of pyridine rings is 1. The highest BCUT2D eigenvalue weighted by Gasteiger charge is 2.35. The average Bonchev–Trinajstić information content (AvgIpc) is 2.98. The molecular weight excluding hydrogens is 326 g/mol. The smallest absolute Gasteiger partial charge is 0.322 e. The van der Waals surface area contributed by atoms with Crippen LogP contribution in [-0.2, 0) is 17.3 Å². The van der Waals surface area contributed by atoms with E-state index in [0.717, 1.165) is 5.69 Å². The fourth-order valence-corrected chi connectivity index (χ4v) is 3.85. The largest absolute Gasteiger partial charge is 0.323 e. The lowest BCUT2D eigenvalue weighted by atomic mass is 10.2. The summed E-state index contributed by atoms with van der Waals surface area (Å²) in [5, 5.41) is 7.16. The molecule has 1 fully saturated rings. The summed E-state index contributed by atoms with van der Waals surface area (Å²) in [6, 6.07) is 7.27. The molecule has 0 aliphatic carbocycles. The fourth-order valence-electron chi connectivity index (χ4n) is 2.62. The zero-order valence-electron chi connectivity index (χ0n) is 13.8. The number of nitrogens with zero attached hydrogens (tertiary/aromatic N) is 4. The lowest BCUT2D eigenvalue weighted by Gasteiger charge is -2.36. The summed E-state index contributed by atoms with van der Waals surface area (Å²) in [5.41, 5.74) is 0.902. The molecule has 3 heterocycles. The Morgan fingerprint density at radius 2 is 2.21 bits per heavy atom. The van der Waals surface area contributed by atoms with E-state index in [-0.39, 0.29) is 10.8 Å². The van der Waals surface area contributed by atoms with E-state index in [4.69, 9.17) is 0 Å². The van der Waals surface area contributed by atoms with Crippen LogP contribution in [-0.4, -0.2) is 53.5 Å². The Kier molecular flexibility index (Phi) is 4.66. The Hall–Kier alpha value is -2.22. The number of anilines is 1. The molecule has 2 amide bonds. The van der Waals surface area contributed by atoms with Gasteiger partial charge in [0, 0.05) is 48.1 Å². The van der Waals surface area contributed by atoms with E-state index in [1.54, 1.807) is 28.0 Å². The zero-order valence-corrected chi connectivity index (χ0v) is 14.6. The first-order chi connectivity index (χ1) is 11.4. The van der Waals surface area contributed by atoms with Crippen molar-refractivity contribution in [3.8, 4) is 0 Å². The Morgan fingerprint density at radius 3 is 2.92 bits per heavy atom. The molecule has 0 saturated carbocycles. The topological polar surface area (TPSA) is 80.1 Å². The van der Waals surface area contributed by atoms with Gasteiger partial charge in [0.05, 0.1) is 17.0 Å². The number of carbonyl (C=O) groups is 1. The number of urea groups is 1. The SMILES string of the molecule is CC1(C)CN(C(=O)Nc2ccn(Cc3ccccn3)n2)CC[S@@]1=O. The molecule has 8 heteroatoms. The Balaban J connectivity index is 1.60. The highest BCUT2D eigenvalue weighted by molar-refractivity contribution is 7.86. The van der Waals surface area contributed by atoms with Crippen molar-refractivity contribution in [1.82, 2.24) is 19.7 Å². The van der Waals surface area contributed by atoms with Gasteiger partial charge in [0.15, 0.2) is 5.82 Å². The second kappa shape index (κ2) is 6.72. The summed E-state index contributed by atoms with van der Waals surface area (Å²) in [6.07, 6.45) is 3.54. The molecule has 0 aromatic carbocycles. The van der Waals surface area contributed by atoms with Crippen LogP contribution in [0.1, 0.15) is 19.5 Å². The first kappa shape index (κ1) is 16.6. The third kappa shape index (κ3) is 3.81. The van der Waals surface area contributed by atoms with Crippen molar-refractivity contribution in [2.45, 2.75) is 25.1 Å². The van der Waals surface area contributed by atoms with Crippen molar-refractivity contribution >= 4 is 22.6 Å². The van der Waals surface area contributed by atoms with Gasteiger partial charge in [-0.25, -0.2) is 4.79 Å². The van der Waals surface area contributed by atoms with Crippen LogP contribution >= 0.6 is 0 Å². The molecule has 1 aliphatic rings. The van der Waals surface area contributed by atoms with Gasteiger partial charge in [0.25, 0.3) is 0 Å². The van der Waals surface area contributed by atoms with E-state index in [9.17, 15) is 9.00 Å². The van der Waals surface area contributed by atoms with Gasteiger partial charge >= 0.3 is 6.03 Å². The third-order valence-electron chi connectivity index (χ3n) is 3.95. The van der Waals surface area contributed by atoms with Crippen LogP contribution in [0.5, 0.6) is 0 Å². The van der Waals surface area contributed by atoms with Gasteiger partial charge in [-0.2, -0.15) is 5.10 Å². The molecule has 0 unspecified atom stereocenters. The van der Waals surface area contributed by atoms with Crippen molar-refractivity contribution < 1.29 is 9.00 Å². The highest BCUT2D eigenvalue weighted by Crippen LogP contribution is 2.20. The lowest BCUT2D eigenvalue weighted by molar-refractivity contribution is 0.207. The fraction of sp³-hybridized carbons (Fsp3) is 0.438. The summed E-state index contributed by atoms with van der Waals surface area (Å²) in [7, 11) is -0.901. The van der Waals surface area contributed by atoms with Crippen LogP contribution in [0.4, 0.5) is 10.6 Å². The Bertz CT molecular complexity index is 744. The van der Waals surface area contributed by atoms with Crippen molar-refractivity contribution in [2.24, 2.45) is 0 Å². The minimum absolute atomic E-state index is 0.206. The van der Waals surface area contributed by atoms with Crippen LogP contribution in [0.25, 0.3) is 0 Å². The van der Waals surface area contributed by atoms with E-state index < -0.39 is 10.8 Å². The van der Waals surface area contributed by atoms with Crippen molar-refractivity contribution in [3.05, 3.63) is 42.4 Å². The second-order valence-electron chi connectivity index (χ2n) is 6.38. The maximum Gasteiger partial charge on any atom is 0.323 e. The number of hydrogen-bond acceptors (Lipinski definition) is 4. The molecule has 0 spiro atoms. The summed E-state index contributed by atoms with van der Waals surface area (Å²) in [6.45, 7) is 5.36. The average molecular weight is 347 g/mol. The van der Waals surface area contributed by atoms with Crippen molar-refractivity contribution in [2.75, 3.05) is 24.2 Å². The normalized spacial score (nSPS) is 19.9. The maximum atomic E-state index is 12.4. The molecule has 7 nitrogen and oxygen atoms in total. The maximum absolute atomic E-state index is 12.4. The van der Waals surface area contributed by atoms with Crippen molar-refractivity contribution in [1.29, 1.82) is 0 Å². The van der Waals surface area contributed by atoms with Gasteiger partial charge in [-0.3, -0.25) is 19.2 Å². The molecule has 1 aliphatic heterocycles. The van der Waals surface area contributed by atoms with Gasteiger partial charge in [-0.05, 0) is 26.0 Å². The molecule has 1 saturated heterocycles. The molecule has 1 N–H and O–H groups in total. The summed E-state index contributed by atoms with van der Waals surface area (Å²) < 4.78 is 13.3. The first-order valence-electron chi connectivity index (χ1n) is 7.82. The summed E-state index contributed by atoms with van der Waals surface area (Å²) in [4.78, 5) is 18.3. The van der Waals surface area contributed by atoms with Crippen LogP contribution in [0.2, 0.25) is 0 Å². The monoisotopic (exact) mass is 347 g/mol. The quantitative estimate of drug-likeness (QED) is 0.916. The number of aromatic nitrogens is 3. The molecule has 24 heavy (non-hydrogen) atoms. The zero-order chi connectivity index (χ0) is 17.2. The second-order valence-corrected chi connectivity index (χ2v) is 8.59. The van der Waals surface area contributed by atoms with Crippen LogP contribution < -0.4 is 5.32 Å². The van der Waals surface area contributed by atoms with Crippen LogP contribution in [0, 0.1) is 0 Å². The predicted molar refractivity (Wildman–Crippen MR) is 93.2 cm³/mol. The standard InChI is InChI=1S/C16H21N5O2S/c1-16(2)12-20(9-10-24(16)23)15(22)18-14-6-8-21(19-14)11-13-5-3-4-7-17-13/h3-8H,9-12H2,1-2H3,(H,18,19,22)/t24-/m0/s1. The minimum atomic E-state index is -0.901. The third-order valence-corrected chi connectivity index (χ3v) is 5.86. The number of hydrogen-bond donors (Lipinski definition) is 1. The molecule has 1 atom stereocenters. The van der Waals surface area contributed by atoms with E-state index >= 15 is 0 Å². The van der Waals surface area contributed by atoms with Gasteiger partial charge < -0.3 is 4.90 Å². The van der Waals surface area contributed by atoms with Gasteiger partial charge in [0.1, 0.15) is 0 Å².